The molecule has 2 aromatic carbocycles. The molecule has 0 fully saturated rings. The van der Waals surface area contributed by atoms with Crippen molar-refractivity contribution in [1.29, 1.82) is 0 Å². The van der Waals surface area contributed by atoms with Crippen molar-refractivity contribution in [3.05, 3.63) is 91.1 Å². The quantitative estimate of drug-likeness (QED) is 0.519. The van der Waals surface area contributed by atoms with Crippen LogP contribution in [0.25, 0.3) is 5.70 Å². The van der Waals surface area contributed by atoms with E-state index in [0.29, 0.717) is 40.8 Å². The van der Waals surface area contributed by atoms with E-state index in [1.807, 2.05) is 26.0 Å². The number of carbonyl (C=O) groups excluding carboxylic acids is 2. The topological polar surface area (TPSA) is 89.3 Å². The Balaban J connectivity index is 1.79. The number of carbonyl (C=O) groups is 2. The van der Waals surface area contributed by atoms with Gasteiger partial charge in [-0.1, -0.05) is 49.7 Å². The van der Waals surface area contributed by atoms with Crippen LogP contribution in [0.2, 0.25) is 5.02 Å². The van der Waals surface area contributed by atoms with Gasteiger partial charge < -0.3 is 5.32 Å². The van der Waals surface area contributed by atoms with E-state index in [0.717, 1.165) is 11.3 Å². The third-order valence-corrected chi connectivity index (χ3v) is 6.57. The second-order valence-electron chi connectivity index (χ2n) is 9.02. The van der Waals surface area contributed by atoms with Crippen LogP contribution in [0.3, 0.4) is 0 Å². The maximum Gasteiger partial charge on any atom is 0.269 e. The van der Waals surface area contributed by atoms with E-state index < -0.39 is 10.8 Å². The zero-order chi connectivity index (χ0) is 22.1. The van der Waals surface area contributed by atoms with Crippen molar-refractivity contribution in [2.75, 3.05) is 0 Å². The highest BCUT2D eigenvalue weighted by molar-refractivity contribution is 6.32. The number of nitro groups is 1. The Morgan fingerprint density at radius 2 is 1.77 bits per heavy atom. The van der Waals surface area contributed by atoms with Gasteiger partial charge in [-0.05, 0) is 23.5 Å². The van der Waals surface area contributed by atoms with Crippen LogP contribution in [0.4, 0.5) is 5.69 Å². The van der Waals surface area contributed by atoms with Crippen LogP contribution in [0.15, 0.2) is 59.3 Å². The summed E-state index contributed by atoms with van der Waals surface area (Å²) in [7, 11) is 0. The van der Waals surface area contributed by atoms with Crippen LogP contribution >= 0.6 is 11.6 Å². The van der Waals surface area contributed by atoms with E-state index >= 15 is 0 Å². The average Bonchev–Trinajstić information content (AvgIpc) is 2.98. The predicted octanol–water partition coefficient (Wildman–Crippen LogP) is 5.19. The zero-order valence-electron chi connectivity index (χ0n) is 17.0. The molecule has 0 saturated heterocycles. The smallest absolute Gasteiger partial charge is 0.269 e. The Hall–Kier alpha value is -3.25. The van der Waals surface area contributed by atoms with E-state index in [2.05, 4.69) is 5.32 Å². The van der Waals surface area contributed by atoms with Crippen LogP contribution in [-0.4, -0.2) is 16.5 Å². The number of hydrogen-bond donors (Lipinski definition) is 1. The number of ketones is 2. The first-order valence-corrected chi connectivity index (χ1v) is 10.4. The fraction of sp³-hybridized carbons (Fsp3) is 0.250. The number of nitrogens with zero attached hydrogens (tertiary/aromatic N) is 1. The van der Waals surface area contributed by atoms with Gasteiger partial charge in [0, 0.05) is 57.5 Å². The summed E-state index contributed by atoms with van der Waals surface area (Å²) in [5.41, 5.74) is 3.71. The highest BCUT2D eigenvalue weighted by Gasteiger charge is 2.47. The van der Waals surface area contributed by atoms with Gasteiger partial charge in [-0.25, -0.2) is 0 Å². The summed E-state index contributed by atoms with van der Waals surface area (Å²) in [5.74, 6) is -1.00. The number of nitro benzene ring substituents is 1. The van der Waals surface area contributed by atoms with Crippen molar-refractivity contribution in [3.63, 3.8) is 0 Å². The Kier molecular flexibility index (Phi) is 4.21. The first-order valence-electron chi connectivity index (χ1n) is 10.0. The van der Waals surface area contributed by atoms with Crippen molar-refractivity contribution in [2.24, 2.45) is 5.41 Å². The molecule has 156 valence electrons. The van der Waals surface area contributed by atoms with E-state index in [4.69, 9.17) is 11.6 Å². The largest absolute Gasteiger partial charge is 0.358 e. The number of allylic oxidation sites excluding steroid dienone is 3. The molecule has 0 bridgehead atoms. The highest BCUT2D eigenvalue weighted by atomic mass is 35.5. The van der Waals surface area contributed by atoms with Crippen LogP contribution in [0.5, 0.6) is 0 Å². The summed E-state index contributed by atoms with van der Waals surface area (Å²) >= 11 is 6.51. The Bertz CT molecular complexity index is 1270. The summed E-state index contributed by atoms with van der Waals surface area (Å²) in [6.45, 7) is 4.06. The Morgan fingerprint density at radius 3 is 2.48 bits per heavy atom. The highest BCUT2D eigenvalue weighted by Crippen LogP contribution is 2.52. The molecule has 0 aromatic heterocycles. The van der Waals surface area contributed by atoms with Gasteiger partial charge in [0.25, 0.3) is 5.69 Å². The van der Waals surface area contributed by atoms with Crippen molar-refractivity contribution in [1.82, 2.24) is 5.32 Å². The third-order valence-electron chi connectivity index (χ3n) is 6.23. The number of hydrogen-bond acceptors (Lipinski definition) is 5. The molecule has 2 aromatic rings. The molecule has 31 heavy (non-hydrogen) atoms. The van der Waals surface area contributed by atoms with Crippen molar-refractivity contribution >= 4 is 34.6 Å². The number of halogens is 1. The molecular formula is C24H19ClN2O4. The Morgan fingerprint density at radius 1 is 1.06 bits per heavy atom. The molecule has 0 radical (unpaired) electrons. The van der Waals surface area contributed by atoms with E-state index in [9.17, 15) is 19.7 Å². The summed E-state index contributed by atoms with van der Waals surface area (Å²) in [5, 5.41) is 15.1. The lowest BCUT2D eigenvalue weighted by molar-refractivity contribution is -0.384. The minimum Gasteiger partial charge on any atom is -0.358 e. The van der Waals surface area contributed by atoms with Crippen LogP contribution in [-0.2, 0) is 4.79 Å². The number of nitrogens with one attached hydrogen (secondary N) is 1. The maximum absolute atomic E-state index is 13.4. The molecule has 0 spiro atoms. The Labute approximate surface area is 183 Å². The molecule has 6 nitrogen and oxygen atoms in total. The molecule has 1 N–H and O–H groups in total. The zero-order valence-corrected chi connectivity index (χ0v) is 17.7. The predicted molar refractivity (Wildman–Crippen MR) is 117 cm³/mol. The lowest BCUT2D eigenvalue weighted by Crippen LogP contribution is -2.37. The van der Waals surface area contributed by atoms with Crippen molar-refractivity contribution < 1.29 is 14.5 Å². The standard InChI is InChI=1S/C24H19ClN2O4/c1-24(2)10-17-20(18(28)11-24)19(15-9-12(27(30)31)7-8-16(15)25)21-22(26-17)13-5-3-4-6-14(13)23(21)29/h3-9,19,26H,10-11H2,1-2H3/t19-/m1/s1. The lowest BCUT2D eigenvalue weighted by atomic mass is 9.68. The molecule has 0 unspecified atom stereocenters. The molecule has 5 rings (SSSR count). The van der Waals surface area contributed by atoms with E-state index in [1.54, 1.807) is 12.1 Å². The molecule has 1 atom stereocenters. The van der Waals surface area contributed by atoms with Gasteiger partial charge in [0.2, 0.25) is 0 Å². The van der Waals surface area contributed by atoms with Gasteiger partial charge in [0.05, 0.1) is 10.6 Å². The monoisotopic (exact) mass is 434 g/mol. The number of non-ortho nitro benzene ring substituents is 1. The molecule has 0 amide bonds. The van der Waals surface area contributed by atoms with Gasteiger partial charge in [0.1, 0.15) is 0 Å². The number of Topliss-reactive ketones (excluding diaryl/α,β-unsaturated/α-hetero) is 2. The fourth-order valence-corrected chi connectivity index (χ4v) is 5.19. The number of rotatable bonds is 2. The second-order valence-corrected chi connectivity index (χ2v) is 9.42. The summed E-state index contributed by atoms with van der Waals surface area (Å²) in [4.78, 5) is 37.7. The van der Waals surface area contributed by atoms with Crippen molar-refractivity contribution in [3.8, 4) is 0 Å². The van der Waals surface area contributed by atoms with Crippen LogP contribution in [0, 0.1) is 15.5 Å². The number of fused-ring (bicyclic) bond motifs is 2. The van der Waals surface area contributed by atoms with Crippen LogP contribution in [0.1, 0.15) is 54.1 Å². The maximum atomic E-state index is 13.4. The number of benzene rings is 2. The molecule has 2 aliphatic carbocycles. The fourth-order valence-electron chi connectivity index (χ4n) is 4.97. The molecule has 1 heterocycles. The first-order chi connectivity index (χ1) is 14.7. The molecule has 3 aliphatic rings. The van der Waals surface area contributed by atoms with Crippen molar-refractivity contribution in [2.45, 2.75) is 32.6 Å². The number of dihydropyridines is 1. The van der Waals surface area contributed by atoms with E-state index in [-0.39, 0.29) is 27.7 Å². The minimum absolute atomic E-state index is 0.0679. The lowest BCUT2D eigenvalue weighted by Gasteiger charge is -2.39. The van der Waals surface area contributed by atoms with Gasteiger partial charge in [0.15, 0.2) is 11.6 Å². The van der Waals surface area contributed by atoms with Gasteiger partial charge in [-0.3, -0.25) is 19.7 Å². The summed E-state index contributed by atoms with van der Waals surface area (Å²) in [6, 6.07) is 11.5. The third kappa shape index (κ3) is 2.93. The summed E-state index contributed by atoms with van der Waals surface area (Å²) < 4.78 is 0. The normalized spacial score (nSPS) is 21.5. The average molecular weight is 435 g/mol. The minimum atomic E-state index is -0.748. The summed E-state index contributed by atoms with van der Waals surface area (Å²) in [6.07, 6.45) is 0.963. The molecule has 0 saturated carbocycles. The molecule has 7 heteroatoms. The second kappa shape index (κ2) is 6.62. The van der Waals surface area contributed by atoms with Gasteiger partial charge in [-0.15, -0.1) is 0 Å². The first kappa shape index (κ1) is 19.7. The van der Waals surface area contributed by atoms with E-state index in [1.165, 1.54) is 18.2 Å². The SMILES string of the molecule is CC1(C)CC(=O)C2=C(C1)NC1=C(C(=O)c3ccccc31)[C@@H]2c1cc([N+](=O)[O-])ccc1Cl. The van der Waals surface area contributed by atoms with Gasteiger partial charge in [-0.2, -0.15) is 0 Å². The van der Waals surface area contributed by atoms with Crippen LogP contribution < -0.4 is 5.32 Å². The molecule has 1 aliphatic heterocycles. The molecular weight excluding hydrogens is 416 g/mol. The van der Waals surface area contributed by atoms with Gasteiger partial charge >= 0.3 is 0 Å².